The van der Waals surface area contributed by atoms with Gasteiger partial charge in [0, 0.05) is 35.0 Å². The van der Waals surface area contributed by atoms with Crippen molar-refractivity contribution in [2.24, 2.45) is 16.2 Å². The summed E-state index contributed by atoms with van der Waals surface area (Å²) in [5.41, 5.74) is -1.97. The molecule has 0 N–H and O–H groups in total. The van der Waals surface area contributed by atoms with E-state index in [0.717, 1.165) is 32.4 Å². The first-order valence-electron chi connectivity index (χ1n) is 12.5. The van der Waals surface area contributed by atoms with Crippen molar-refractivity contribution >= 4 is 56.0 Å². The maximum absolute atomic E-state index is 6.03. The van der Waals surface area contributed by atoms with Crippen molar-refractivity contribution in [1.82, 2.24) is 15.0 Å². The van der Waals surface area contributed by atoms with Crippen molar-refractivity contribution in [3.05, 3.63) is 5.82 Å². The van der Waals surface area contributed by atoms with Gasteiger partial charge in [-0.3, -0.25) is 0 Å². The van der Waals surface area contributed by atoms with Crippen LogP contribution in [-0.4, -0.2) is 60.8 Å². The largest absolute Gasteiger partial charge is 0.347 e. The highest BCUT2D eigenvalue weighted by atomic mass is 32.9. The molecule has 0 aromatic carbocycles. The molecule has 14 heteroatoms. The van der Waals surface area contributed by atoms with Gasteiger partial charge in [0.05, 0.1) is 40.4 Å². The van der Waals surface area contributed by atoms with Gasteiger partial charge in [0.2, 0.25) is 5.16 Å². The van der Waals surface area contributed by atoms with Crippen molar-refractivity contribution < 1.29 is 22.6 Å². The van der Waals surface area contributed by atoms with Crippen LogP contribution in [0.15, 0.2) is 10.3 Å². The molecule has 8 nitrogen and oxygen atoms in total. The highest BCUT2D eigenvalue weighted by molar-refractivity contribution is 8.67. The molecule has 37 heavy (non-hydrogen) atoms. The molecule has 0 radical (unpaired) electrons. The third kappa shape index (κ3) is 12.6. The minimum absolute atomic E-state index is 0.00634. The molecule has 214 valence electrons. The molecule has 3 saturated heterocycles. The lowest BCUT2D eigenvalue weighted by Gasteiger charge is -2.35. The summed E-state index contributed by atoms with van der Waals surface area (Å²) in [6, 6.07) is 0. The maximum Gasteiger partial charge on any atom is 0.255 e. The summed E-state index contributed by atoms with van der Waals surface area (Å²) in [7, 11) is -1.15. The molecule has 0 spiro atoms. The lowest BCUT2D eigenvalue weighted by Crippen LogP contribution is -2.28. The van der Waals surface area contributed by atoms with Crippen LogP contribution >= 0.6 is 44.2 Å². The van der Waals surface area contributed by atoms with Crippen LogP contribution in [0.1, 0.15) is 67.6 Å². The third-order valence-electron chi connectivity index (χ3n) is 5.15. The summed E-state index contributed by atoms with van der Waals surface area (Å²) in [5, 5.41) is 1.28. The molecular formula is C23H44N3O5P3S3. The van der Waals surface area contributed by atoms with E-state index in [2.05, 4.69) is 56.5 Å². The Labute approximate surface area is 239 Å². The van der Waals surface area contributed by atoms with Gasteiger partial charge in [-0.2, -0.15) is 4.98 Å². The fourth-order valence-electron chi connectivity index (χ4n) is 2.81. The van der Waals surface area contributed by atoms with Crippen molar-refractivity contribution in [3.8, 4) is 0 Å². The van der Waals surface area contributed by atoms with Crippen LogP contribution in [0.5, 0.6) is 0 Å². The first-order valence-corrected chi connectivity index (χ1v) is 21.1. The van der Waals surface area contributed by atoms with E-state index in [1.165, 1.54) is 11.4 Å². The van der Waals surface area contributed by atoms with Gasteiger partial charge < -0.3 is 22.6 Å². The van der Waals surface area contributed by atoms with Gasteiger partial charge in [-0.1, -0.05) is 55.4 Å². The number of aromatic nitrogens is 3. The Morgan fingerprint density at radius 1 is 0.784 bits per heavy atom. The molecule has 0 saturated carbocycles. The van der Waals surface area contributed by atoms with E-state index >= 15 is 0 Å². The van der Waals surface area contributed by atoms with Crippen molar-refractivity contribution in [2.75, 3.05) is 45.9 Å². The van der Waals surface area contributed by atoms with Crippen molar-refractivity contribution in [2.45, 2.75) is 79.0 Å². The monoisotopic (exact) mass is 631 g/mol. The molecule has 1 aromatic rings. The molecule has 1 aromatic heterocycles. The number of nitrogens with zero attached hydrogens (tertiary/aromatic N) is 3. The normalized spacial score (nSPS) is 26.2. The summed E-state index contributed by atoms with van der Waals surface area (Å²) in [5.74, 6) is 0.677. The summed E-state index contributed by atoms with van der Waals surface area (Å²) < 4.78 is 28.5. The molecule has 0 bridgehead atoms. The van der Waals surface area contributed by atoms with E-state index in [1.54, 1.807) is 11.4 Å². The number of hydrogen-bond acceptors (Lipinski definition) is 11. The zero-order valence-electron chi connectivity index (χ0n) is 23.9. The summed E-state index contributed by atoms with van der Waals surface area (Å²) in [6.45, 7) is 24.5. The molecule has 1 unspecified atom stereocenters. The molecule has 3 fully saturated rings. The third-order valence-corrected chi connectivity index (χ3v) is 14.2. The molecule has 0 amide bonds. The smallest absolute Gasteiger partial charge is 0.255 e. The Morgan fingerprint density at radius 2 is 1.30 bits per heavy atom. The predicted molar refractivity (Wildman–Crippen MR) is 162 cm³/mol. The summed E-state index contributed by atoms with van der Waals surface area (Å²) >= 11 is 8.56. The molecule has 1 atom stereocenters. The fourth-order valence-corrected chi connectivity index (χ4v) is 11.8. The molecular weight excluding hydrogens is 587 g/mol. The number of rotatable bonds is 4. The van der Waals surface area contributed by atoms with E-state index in [1.807, 2.05) is 27.4 Å². The first-order chi connectivity index (χ1) is 17.1. The molecule has 4 rings (SSSR count). The van der Waals surface area contributed by atoms with Crippen LogP contribution in [0.2, 0.25) is 0 Å². The van der Waals surface area contributed by atoms with Crippen LogP contribution in [0.4, 0.5) is 0 Å². The van der Waals surface area contributed by atoms with E-state index in [0.29, 0.717) is 29.4 Å². The SMILES string of the molecule is CC.CP1OCC(C)(C)CO1.Cc1nc(SP2CCC(C)(C)CO2)nc(SP2(=S)OCC(C)(C)CO2)n1. The lowest BCUT2D eigenvalue weighted by molar-refractivity contribution is 0.0637. The molecule has 3 aliphatic heterocycles. The van der Waals surface area contributed by atoms with Crippen molar-refractivity contribution in [1.29, 1.82) is 0 Å². The second-order valence-corrected chi connectivity index (χ2v) is 22.4. The first kappa shape index (κ1) is 34.2. The second kappa shape index (κ2) is 14.8. The Balaban J connectivity index is 0.000000367. The lowest BCUT2D eigenvalue weighted by atomic mass is 9.92. The average Bonchev–Trinajstić information content (AvgIpc) is 2.81. The van der Waals surface area contributed by atoms with Crippen LogP contribution in [-0.2, 0) is 34.4 Å². The van der Waals surface area contributed by atoms with Gasteiger partial charge in [0.15, 0.2) is 13.5 Å². The maximum atomic E-state index is 6.03. The van der Waals surface area contributed by atoms with Crippen LogP contribution < -0.4 is 0 Å². The zero-order chi connectivity index (χ0) is 27.9. The highest BCUT2D eigenvalue weighted by Gasteiger charge is 2.35. The van der Waals surface area contributed by atoms with Gasteiger partial charge in [0.25, 0.3) is 5.69 Å². The van der Waals surface area contributed by atoms with Crippen molar-refractivity contribution in [3.63, 3.8) is 0 Å². The Hall–Kier alpha value is 1.02. The molecule has 4 heterocycles. The van der Waals surface area contributed by atoms with E-state index in [4.69, 9.17) is 34.4 Å². The van der Waals surface area contributed by atoms with Crippen LogP contribution in [0, 0.1) is 23.2 Å². The van der Waals surface area contributed by atoms with Gasteiger partial charge in [0.1, 0.15) is 5.82 Å². The number of aryl methyl sites for hydroxylation is 1. The van der Waals surface area contributed by atoms with Crippen LogP contribution in [0.25, 0.3) is 0 Å². The standard InChI is InChI=1S/C15H25N3O3P2S3.C6H13O2P.C2H6/c1-11-16-12(25-22-7-6-14(2,3)8-19-22)18-13(17-11)26-23(24)20-9-15(4,5)10-21-23;1-6(2)4-7-9(3)8-5-6;1-2/h6-10H2,1-5H3;4-5H2,1-3H3;1-2H3. The molecule has 3 aliphatic rings. The minimum Gasteiger partial charge on any atom is -0.347 e. The second-order valence-electron chi connectivity index (χ2n) is 11.2. The Kier molecular flexibility index (Phi) is 13.7. The Morgan fingerprint density at radius 3 is 1.81 bits per heavy atom. The van der Waals surface area contributed by atoms with E-state index < -0.39 is 21.4 Å². The summed E-state index contributed by atoms with van der Waals surface area (Å²) in [4.78, 5) is 13.5. The topological polar surface area (TPSA) is 84.8 Å². The fraction of sp³-hybridized carbons (Fsp3) is 0.870. The van der Waals surface area contributed by atoms with Gasteiger partial charge in [-0.15, -0.1) is 0 Å². The Bertz CT molecular complexity index is 893. The minimum atomic E-state index is -2.45. The quantitative estimate of drug-likeness (QED) is 0.300. The van der Waals surface area contributed by atoms with Gasteiger partial charge in [-0.05, 0) is 41.9 Å². The van der Waals surface area contributed by atoms with E-state index in [9.17, 15) is 0 Å². The van der Waals surface area contributed by atoms with Crippen LogP contribution in [0.3, 0.4) is 0 Å². The predicted octanol–water partition coefficient (Wildman–Crippen LogP) is 8.45. The van der Waals surface area contributed by atoms with Gasteiger partial charge >= 0.3 is 0 Å². The van der Waals surface area contributed by atoms with Gasteiger partial charge in [-0.25, -0.2) is 9.97 Å². The number of hydrogen-bond donors (Lipinski definition) is 0. The molecule has 0 aliphatic carbocycles. The summed E-state index contributed by atoms with van der Waals surface area (Å²) in [6.07, 6.45) is 2.22. The average molecular weight is 632 g/mol. The van der Waals surface area contributed by atoms with E-state index in [-0.39, 0.29) is 16.2 Å². The zero-order valence-corrected chi connectivity index (χ0v) is 29.0. The highest BCUT2D eigenvalue weighted by Crippen LogP contribution is 2.66.